The summed E-state index contributed by atoms with van der Waals surface area (Å²) in [5, 5.41) is 3.00. The Kier molecular flexibility index (Phi) is 7.24. The summed E-state index contributed by atoms with van der Waals surface area (Å²) in [7, 11) is 3.13. The molecule has 0 unspecified atom stereocenters. The average molecular weight is 439 g/mol. The fourth-order valence-electron chi connectivity index (χ4n) is 3.96. The highest BCUT2D eigenvalue weighted by Gasteiger charge is 2.15. The number of fused-ring (bicyclic) bond motifs is 1. The third kappa shape index (κ3) is 5.20. The highest BCUT2D eigenvalue weighted by molar-refractivity contribution is 5.95. The molecule has 0 bridgehead atoms. The smallest absolute Gasteiger partial charge is 0.251 e. The van der Waals surface area contributed by atoms with Crippen molar-refractivity contribution in [2.75, 3.05) is 53.6 Å². The second-order valence-corrected chi connectivity index (χ2v) is 7.73. The lowest BCUT2D eigenvalue weighted by atomic mass is 10.2. The fraction of sp³-hybridized carbons (Fsp3) is 0.417. The van der Waals surface area contributed by atoms with Gasteiger partial charge in [0.2, 0.25) is 0 Å². The first-order chi connectivity index (χ1) is 15.7. The van der Waals surface area contributed by atoms with Crippen LogP contribution >= 0.6 is 0 Å². The number of rotatable bonds is 9. The van der Waals surface area contributed by atoms with Gasteiger partial charge in [0, 0.05) is 50.8 Å². The Bertz CT molecular complexity index is 1040. The number of amides is 1. The molecule has 170 valence electrons. The third-order valence-electron chi connectivity index (χ3n) is 5.72. The van der Waals surface area contributed by atoms with Crippen LogP contribution < -0.4 is 14.8 Å². The van der Waals surface area contributed by atoms with E-state index in [1.54, 1.807) is 32.4 Å². The van der Waals surface area contributed by atoms with Gasteiger partial charge < -0.3 is 24.1 Å². The molecule has 1 saturated heterocycles. The van der Waals surface area contributed by atoms with E-state index in [4.69, 9.17) is 19.2 Å². The first kappa shape index (κ1) is 22.1. The van der Waals surface area contributed by atoms with Crippen LogP contribution in [-0.4, -0.2) is 74.0 Å². The number of hydrogen-bond acceptors (Lipinski definition) is 6. The monoisotopic (exact) mass is 438 g/mol. The van der Waals surface area contributed by atoms with E-state index in [1.165, 1.54) is 0 Å². The molecule has 32 heavy (non-hydrogen) atoms. The molecule has 0 radical (unpaired) electrons. The van der Waals surface area contributed by atoms with Gasteiger partial charge in [0.15, 0.2) is 0 Å². The van der Waals surface area contributed by atoms with Crippen LogP contribution in [0.15, 0.2) is 42.5 Å². The molecule has 0 spiro atoms. The number of methoxy groups -OCH3 is 2. The van der Waals surface area contributed by atoms with E-state index in [2.05, 4.69) is 20.9 Å². The molecule has 3 aromatic rings. The van der Waals surface area contributed by atoms with Crippen molar-refractivity contribution in [1.82, 2.24) is 19.8 Å². The molecule has 1 aliphatic heterocycles. The number of nitrogens with zero attached hydrogens (tertiary/aromatic N) is 3. The molecular formula is C24H30N4O4. The fourth-order valence-corrected chi connectivity index (χ4v) is 3.96. The van der Waals surface area contributed by atoms with Crippen molar-refractivity contribution in [1.29, 1.82) is 0 Å². The van der Waals surface area contributed by atoms with Crippen molar-refractivity contribution in [2.24, 2.45) is 0 Å². The molecule has 8 nitrogen and oxygen atoms in total. The van der Waals surface area contributed by atoms with Crippen molar-refractivity contribution < 1.29 is 19.0 Å². The van der Waals surface area contributed by atoms with E-state index in [1.807, 2.05) is 18.2 Å². The number of hydrogen-bond donors (Lipinski definition) is 1. The normalized spacial score (nSPS) is 14.4. The second-order valence-electron chi connectivity index (χ2n) is 7.73. The van der Waals surface area contributed by atoms with Gasteiger partial charge in [0.25, 0.3) is 5.91 Å². The molecule has 1 amide bonds. The van der Waals surface area contributed by atoms with E-state index >= 15 is 0 Å². The van der Waals surface area contributed by atoms with Gasteiger partial charge in [-0.3, -0.25) is 9.69 Å². The number of carbonyl (C=O) groups excluding carboxylic acids is 1. The van der Waals surface area contributed by atoms with E-state index in [9.17, 15) is 4.79 Å². The Morgan fingerprint density at radius 1 is 1.06 bits per heavy atom. The zero-order valence-electron chi connectivity index (χ0n) is 18.7. The SMILES string of the molecule is COc1cc(OC)cc(C(=O)NCCc2nc3ccccc3n2CCN2CCOCC2)c1. The lowest BCUT2D eigenvalue weighted by Gasteiger charge is -2.27. The molecule has 8 heteroatoms. The van der Waals surface area contributed by atoms with Crippen molar-refractivity contribution in [3.63, 3.8) is 0 Å². The van der Waals surface area contributed by atoms with Crippen molar-refractivity contribution in [3.8, 4) is 11.5 Å². The lowest BCUT2D eigenvalue weighted by molar-refractivity contribution is 0.0364. The highest BCUT2D eigenvalue weighted by Crippen LogP contribution is 2.22. The number of nitrogens with one attached hydrogen (secondary N) is 1. The van der Waals surface area contributed by atoms with Crippen LogP contribution in [0.5, 0.6) is 11.5 Å². The molecule has 0 atom stereocenters. The topological polar surface area (TPSA) is 77.8 Å². The van der Waals surface area contributed by atoms with Crippen LogP contribution in [-0.2, 0) is 17.7 Å². The summed E-state index contributed by atoms with van der Waals surface area (Å²) in [6, 6.07) is 13.3. The van der Waals surface area contributed by atoms with Crippen molar-refractivity contribution in [2.45, 2.75) is 13.0 Å². The van der Waals surface area contributed by atoms with E-state index in [0.717, 1.165) is 56.3 Å². The lowest BCUT2D eigenvalue weighted by Crippen LogP contribution is -2.38. The van der Waals surface area contributed by atoms with E-state index in [0.29, 0.717) is 30.0 Å². The van der Waals surface area contributed by atoms with Gasteiger partial charge in [-0.15, -0.1) is 0 Å². The molecule has 1 N–H and O–H groups in total. The van der Waals surface area contributed by atoms with Gasteiger partial charge >= 0.3 is 0 Å². The number of aromatic nitrogens is 2. The number of para-hydroxylation sites is 2. The summed E-state index contributed by atoms with van der Waals surface area (Å²) in [4.78, 5) is 19.9. The summed E-state index contributed by atoms with van der Waals surface area (Å²) >= 11 is 0. The van der Waals surface area contributed by atoms with Crippen LogP contribution in [0.1, 0.15) is 16.2 Å². The first-order valence-corrected chi connectivity index (χ1v) is 10.9. The molecule has 2 aromatic carbocycles. The van der Waals surface area contributed by atoms with Crippen LogP contribution in [0, 0.1) is 0 Å². The molecule has 4 rings (SSSR count). The zero-order chi connectivity index (χ0) is 22.3. The van der Waals surface area contributed by atoms with Crippen LogP contribution in [0.2, 0.25) is 0 Å². The van der Waals surface area contributed by atoms with Crippen LogP contribution in [0.25, 0.3) is 11.0 Å². The summed E-state index contributed by atoms with van der Waals surface area (Å²) in [5.74, 6) is 1.97. The molecular weight excluding hydrogens is 408 g/mol. The minimum atomic E-state index is -0.168. The summed E-state index contributed by atoms with van der Waals surface area (Å²) < 4.78 is 18.2. The molecule has 0 saturated carbocycles. The van der Waals surface area contributed by atoms with Crippen molar-refractivity contribution in [3.05, 3.63) is 53.9 Å². The Morgan fingerprint density at radius 2 is 1.78 bits per heavy atom. The number of benzene rings is 2. The Labute approximate surface area is 188 Å². The summed E-state index contributed by atoms with van der Waals surface area (Å²) in [6.45, 7) is 5.80. The number of ether oxygens (including phenoxy) is 3. The van der Waals surface area contributed by atoms with Gasteiger partial charge in [0.05, 0.1) is 38.5 Å². The molecule has 2 heterocycles. The third-order valence-corrected chi connectivity index (χ3v) is 5.72. The largest absolute Gasteiger partial charge is 0.497 e. The van der Waals surface area contributed by atoms with Crippen LogP contribution in [0.4, 0.5) is 0 Å². The Hall–Kier alpha value is -3.10. The quantitative estimate of drug-likeness (QED) is 0.553. The van der Waals surface area contributed by atoms with Crippen molar-refractivity contribution >= 4 is 16.9 Å². The second kappa shape index (κ2) is 10.5. The molecule has 1 fully saturated rings. The molecule has 1 aliphatic rings. The number of carbonyl (C=O) groups is 1. The zero-order valence-corrected chi connectivity index (χ0v) is 18.7. The number of imidazole rings is 1. The van der Waals surface area contributed by atoms with Crippen LogP contribution in [0.3, 0.4) is 0 Å². The molecule has 0 aliphatic carbocycles. The first-order valence-electron chi connectivity index (χ1n) is 10.9. The van der Waals surface area contributed by atoms with Gasteiger partial charge in [-0.05, 0) is 24.3 Å². The Balaban J connectivity index is 1.43. The minimum Gasteiger partial charge on any atom is -0.497 e. The van der Waals surface area contributed by atoms with Gasteiger partial charge in [-0.2, -0.15) is 0 Å². The maximum atomic E-state index is 12.7. The summed E-state index contributed by atoms with van der Waals surface area (Å²) in [6.07, 6.45) is 0.643. The standard InChI is InChI=1S/C24H30N4O4/c1-30-19-15-18(16-20(17-19)31-2)24(29)25-8-7-23-26-21-5-3-4-6-22(21)28(23)10-9-27-11-13-32-14-12-27/h3-6,15-17H,7-14H2,1-2H3,(H,25,29). The number of morpholine rings is 1. The predicted octanol–water partition coefficient (Wildman–Crippen LogP) is 2.36. The predicted molar refractivity (Wildman–Crippen MR) is 123 cm³/mol. The van der Waals surface area contributed by atoms with Gasteiger partial charge in [0.1, 0.15) is 17.3 Å². The average Bonchev–Trinajstić information content (AvgIpc) is 3.20. The molecule has 1 aromatic heterocycles. The van der Waals surface area contributed by atoms with E-state index < -0.39 is 0 Å². The summed E-state index contributed by atoms with van der Waals surface area (Å²) in [5.41, 5.74) is 2.61. The minimum absolute atomic E-state index is 0.168. The van der Waals surface area contributed by atoms with Gasteiger partial charge in [-0.1, -0.05) is 12.1 Å². The van der Waals surface area contributed by atoms with E-state index in [-0.39, 0.29) is 5.91 Å². The Morgan fingerprint density at radius 3 is 2.50 bits per heavy atom. The maximum Gasteiger partial charge on any atom is 0.251 e. The van der Waals surface area contributed by atoms with Gasteiger partial charge in [-0.25, -0.2) is 4.98 Å². The highest BCUT2D eigenvalue weighted by atomic mass is 16.5. The maximum absolute atomic E-state index is 12.7.